The lowest BCUT2D eigenvalue weighted by atomic mass is 10.1. The maximum atomic E-state index is 4.58. The van der Waals surface area contributed by atoms with E-state index in [9.17, 15) is 0 Å². The van der Waals surface area contributed by atoms with Gasteiger partial charge in [0.05, 0.1) is 13.1 Å². The zero-order valence-corrected chi connectivity index (χ0v) is 20.4. The summed E-state index contributed by atoms with van der Waals surface area (Å²) >= 11 is 0. The number of nitrogens with one attached hydrogen (secondary N) is 2. The summed E-state index contributed by atoms with van der Waals surface area (Å²) in [7, 11) is 0. The lowest BCUT2D eigenvalue weighted by molar-refractivity contribution is 0.122. The Balaban J connectivity index is 0.00000259. The molecule has 0 aromatic heterocycles. The fraction of sp³-hybridized carbons (Fsp3) is 0.462. The third kappa shape index (κ3) is 5.94. The molecule has 0 spiro atoms. The summed E-state index contributed by atoms with van der Waals surface area (Å²) in [6.07, 6.45) is 0. The van der Waals surface area contributed by atoms with E-state index in [1.165, 1.54) is 22.3 Å². The van der Waals surface area contributed by atoms with Gasteiger partial charge in [-0.05, 0) is 25.0 Å². The minimum atomic E-state index is 0. The molecule has 3 aliphatic heterocycles. The van der Waals surface area contributed by atoms with Crippen molar-refractivity contribution in [3.63, 3.8) is 0 Å². The maximum absolute atomic E-state index is 4.58. The van der Waals surface area contributed by atoms with Gasteiger partial charge in [-0.15, -0.1) is 12.4 Å². The number of piperazine rings is 1. The minimum absolute atomic E-state index is 0. The van der Waals surface area contributed by atoms with Gasteiger partial charge in [-0.25, -0.2) is 0 Å². The molecule has 2 N–H and O–H groups in total. The molecule has 0 bridgehead atoms. The molecular formula is C26H35ClN6. The van der Waals surface area contributed by atoms with Gasteiger partial charge < -0.3 is 10.6 Å². The van der Waals surface area contributed by atoms with Crippen LogP contribution in [0.4, 0.5) is 0 Å². The second-order valence-electron chi connectivity index (χ2n) is 9.42. The molecular weight excluding hydrogens is 432 g/mol. The Bertz CT molecular complexity index is 895. The Morgan fingerprint density at radius 2 is 1.03 bits per heavy atom. The average Bonchev–Trinajstić information content (AvgIpc) is 3.44. The largest absolute Gasteiger partial charge is 0.366 e. The molecule has 5 rings (SSSR count). The van der Waals surface area contributed by atoms with Crippen LogP contribution in [0.15, 0.2) is 58.5 Å². The van der Waals surface area contributed by atoms with E-state index in [0.717, 1.165) is 64.0 Å². The third-order valence-electron chi connectivity index (χ3n) is 6.54. The van der Waals surface area contributed by atoms with Crippen molar-refractivity contribution >= 4 is 24.1 Å². The van der Waals surface area contributed by atoms with Gasteiger partial charge in [-0.1, -0.05) is 48.5 Å². The number of amidine groups is 2. The summed E-state index contributed by atoms with van der Waals surface area (Å²) in [5.41, 5.74) is 5.14. The van der Waals surface area contributed by atoms with Gasteiger partial charge in [0.2, 0.25) is 0 Å². The standard InChI is InChI=1S/C26H34N6.ClH/c1-19-15-27-25(29-19)23-7-3-21(4-8-23)17-31-11-13-32(14-12-31)18-22-5-9-24(10-6-22)26-28-16-20(2)30-26;/h3-10,19-20H,11-18H2,1-2H3,(H,27,29)(H,28,30);1H. The average molecular weight is 467 g/mol. The maximum Gasteiger partial charge on any atom is 0.128 e. The zero-order chi connectivity index (χ0) is 21.9. The Morgan fingerprint density at radius 1 is 0.667 bits per heavy atom. The molecule has 0 saturated carbocycles. The van der Waals surface area contributed by atoms with Crippen LogP contribution in [0, 0.1) is 0 Å². The fourth-order valence-electron chi connectivity index (χ4n) is 4.61. The first-order chi connectivity index (χ1) is 15.6. The molecule has 0 aliphatic carbocycles. The number of rotatable bonds is 6. The molecule has 3 aliphatic rings. The van der Waals surface area contributed by atoms with Gasteiger partial charge in [-0.2, -0.15) is 0 Å². The van der Waals surface area contributed by atoms with Crippen molar-refractivity contribution < 1.29 is 0 Å². The summed E-state index contributed by atoms with van der Waals surface area (Å²) in [5.74, 6) is 2.07. The Labute approximate surface area is 203 Å². The van der Waals surface area contributed by atoms with Crippen molar-refractivity contribution in [2.24, 2.45) is 9.98 Å². The second-order valence-corrected chi connectivity index (χ2v) is 9.42. The highest BCUT2D eigenvalue weighted by atomic mass is 35.5. The summed E-state index contributed by atoms with van der Waals surface area (Å²) in [6.45, 7) is 12.6. The van der Waals surface area contributed by atoms with Crippen LogP contribution >= 0.6 is 12.4 Å². The lowest BCUT2D eigenvalue weighted by Crippen LogP contribution is -2.45. The third-order valence-corrected chi connectivity index (χ3v) is 6.54. The highest BCUT2D eigenvalue weighted by Gasteiger charge is 2.19. The van der Waals surface area contributed by atoms with Crippen molar-refractivity contribution in [1.29, 1.82) is 0 Å². The molecule has 0 amide bonds. The summed E-state index contributed by atoms with van der Waals surface area (Å²) in [4.78, 5) is 14.3. The normalized spacial score (nSPS) is 23.3. The van der Waals surface area contributed by atoms with Gasteiger partial charge in [0.1, 0.15) is 11.7 Å². The topological polar surface area (TPSA) is 55.3 Å². The van der Waals surface area contributed by atoms with Gasteiger partial charge >= 0.3 is 0 Å². The van der Waals surface area contributed by atoms with E-state index < -0.39 is 0 Å². The first-order valence-electron chi connectivity index (χ1n) is 11.9. The fourth-order valence-corrected chi connectivity index (χ4v) is 4.61. The Hall–Kier alpha value is -2.41. The van der Waals surface area contributed by atoms with E-state index in [4.69, 9.17) is 0 Å². The van der Waals surface area contributed by atoms with Crippen LogP contribution in [-0.4, -0.2) is 72.8 Å². The van der Waals surface area contributed by atoms with Crippen molar-refractivity contribution in [1.82, 2.24) is 20.4 Å². The molecule has 2 aromatic carbocycles. The van der Waals surface area contributed by atoms with Gasteiger partial charge in [0, 0.05) is 62.5 Å². The molecule has 0 radical (unpaired) electrons. The Morgan fingerprint density at radius 3 is 1.33 bits per heavy atom. The van der Waals surface area contributed by atoms with Crippen molar-refractivity contribution in [3.05, 3.63) is 70.8 Å². The molecule has 6 nitrogen and oxygen atoms in total. The summed E-state index contributed by atoms with van der Waals surface area (Å²) in [5, 5.41) is 6.88. The van der Waals surface area contributed by atoms with Crippen LogP contribution in [-0.2, 0) is 13.1 Å². The quantitative estimate of drug-likeness (QED) is 0.687. The molecule has 1 saturated heterocycles. The number of hydrogen-bond acceptors (Lipinski definition) is 6. The van der Waals surface area contributed by atoms with Gasteiger partial charge in [0.25, 0.3) is 0 Å². The molecule has 1 fully saturated rings. The molecule has 2 atom stereocenters. The van der Waals surface area contributed by atoms with Crippen LogP contribution in [0.5, 0.6) is 0 Å². The molecule has 7 heteroatoms. The monoisotopic (exact) mass is 466 g/mol. The first-order valence-corrected chi connectivity index (χ1v) is 11.9. The predicted molar refractivity (Wildman–Crippen MR) is 139 cm³/mol. The van der Waals surface area contributed by atoms with Crippen LogP contribution in [0.3, 0.4) is 0 Å². The lowest BCUT2D eigenvalue weighted by Gasteiger charge is -2.34. The number of nitrogens with zero attached hydrogens (tertiary/aromatic N) is 4. The van der Waals surface area contributed by atoms with Gasteiger partial charge in [0.15, 0.2) is 0 Å². The summed E-state index contributed by atoms with van der Waals surface area (Å²) < 4.78 is 0. The molecule has 176 valence electrons. The molecule has 2 aromatic rings. The van der Waals surface area contributed by atoms with Crippen LogP contribution in [0.2, 0.25) is 0 Å². The van der Waals surface area contributed by atoms with E-state index >= 15 is 0 Å². The number of benzene rings is 2. The minimum Gasteiger partial charge on any atom is -0.366 e. The van der Waals surface area contributed by atoms with Crippen molar-refractivity contribution in [2.75, 3.05) is 39.3 Å². The van der Waals surface area contributed by atoms with Crippen molar-refractivity contribution in [2.45, 2.75) is 39.0 Å². The van der Waals surface area contributed by atoms with Gasteiger partial charge in [-0.3, -0.25) is 19.8 Å². The molecule has 33 heavy (non-hydrogen) atoms. The molecule has 2 unspecified atom stereocenters. The van der Waals surface area contributed by atoms with E-state index in [-0.39, 0.29) is 12.4 Å². The predicted octanol–water partition coefficient (Wildman–Crippen LogP) is 2.90. The van der Waals surface area contributed by atoms with Crippen LogP contribution in [0.25, 0.3) is 0 Å². The molecule has 3 heterocycles. The van der Waals surface area contributed by atoms with Crippen LogP contribution < -0.4 is 10.6 Å². The SMILES string of the molecule is CC1CN=C(c2ccc(CN3CCN(Cc4ccc(C5=NCC(C)N5)cc4)CC3)cc2)N1.Cl. The summed E-state index contributed by atoms with van der Waals surface area (Å²) in [6, 6.07) is 18.7. The van der Waals surface area contributed by atoms with E-state index in [0.29, 0.717) is 12.1 Å². The van der Waals surface area contributed by atoms with Crippen molar-refractivity contribution in [3.8, 4) is 0 Å². The smallest absolute Gasteiger partial charge is 0.128 e. The zero-order valence-electron chi connectivity index (χ0n) is 19.6. The highest BCUT2D eigenvalue weighted by Crippen LogP contribution is 2.15. The second kappa shape index (κ2) is 10.7. The van der Waals surface area contributed by atoms with E-state index in [2.05, 4.69) is 92.8 Å². The Kier molecular flexibility index (Phi) is 7.68. The first kappa shape index (κ1) is 23.7. The number of hydrogen-bond donors (Lipinski definition) is 2. The van der Waals surface area contributed by atoms with E-state index in [1.54, 1.807) is 0 Å². The highest BCUT2D eigenvalue weighted by molar-refractivity contribution is 6.00. The van der Waals surface area contributed by atoms with E-state index in [1.807, 2.05) is 0 Å². The number of aliphatic imine (C=N–C) groups is 2. The van der Waals surface area contributed by atoms with Crippen LogP contribution in [0.1, 0.15) is 36.1 Å². The number of halogens is 1.